The molecule has 4 unspecified atom stereocenters. The van der Waals surface area contributed by atoms with Gasteiger partial charge in [-0.1, -0.05) is 12.6 Å². The molecular formula is C21H23N5O2. The van der Waals surface area contributed by atoms with Crippen LogP contribution >= 0.6 is 0 Å². The molecule has 1 amide bonds. The Morgan fingerprint density at radius 1 is 1.39 bits per heavy atom. The quantitative estimate of drug-likeness (QED) is 0.757. The minimum absolute atomic E-state index is 0.0418. The molecule has 28 heavy (non-hydrogen) atoms. The van der Waals surface area contributed by atoms with Crippen molar-refractivity contribution in [2.24, 2.45) is 5.92 Å². The first-order chi connectivity index (χ1) is 13.6. The van der Waals surface area contributed by atoms with E-state index in [-0.39, 0.29) is 18.0 Å². The van der Waals surface area contributed by atoms with E-state index < -0.39 is 0 Å². The van der Waals surface area contributed by atoms with E-state index in [9.17, 15) is 10.1 Å². The summed E-state index contributed by atoms with van der Waals surface area (Å²) in [5.41, 5.74) is 8.95. The van der Waals surface area contributed by atoms with E-state index in [1.807, 2.05) is 6.92 Å². The first-order valence-electron chi connectivity index (χ1n) is 9.47. The SMILES string of the molecule is C=C(C)c1c(C#N)cccc1C(=O)NC1CCC2NNC(c3cnco3)C2C1. The number of nitrogens with one attached hydrogen (secondary N) is 3. The van der Waals surface area contributed by atoms with Crippen molar-refractivity contribution < 1.29 is 9.21 Å². The van der Waals surface area contributed by atoms with Crippen molar-refractivity contribution in [3.05, 3.63) is 59.8 Å². The van der Waals surface area contributed by atoms with E-state index >= 15 is 0 Å². The summed E-state index contributed by atoms with van der Waals surface area (Å²) in [5.74, 6) is 0.949. The summed E-state index contributed by atoms with van der Waals surface area (Å²) < 4.78 is 5.48. The fourth-order valence-electron chi connectivity index (χ4n) is 4.41. The molecule has 0 bridgehead atoms. The molecule has 2 aromatic rings. The van der Waals surface area contributed by atoms with E-state index in [4.69, 9.17) is 4.42 Å². The molecule has 0 radical (unpaired) electrons. The predicted molar refractivity (Wildman–Crippen MR) is 104 cm³/mol. The van der Waals surface area contributed by atoms with Gasteiger partial charge in [-0.2, -0.15) is 5.26 Å². The number of benzene rings is 1. The second-order valence-electron chi connectivity index (χ2n) is 7.54. The van der Waals surface area contributed by atoms with Crippen LogP contribution in [-0.4, -0.2) is 23.0 Å². The Balaban J connectivity index is 1.50. The van der Waals surface area contributed by atoms with Crippen LogP contribution in [0.2, 0.25) is 0 Å². The van der Waals surface area contributed by atoms with Crippen LogP contribution in [0.1, 0.15) is 59.5 Å². The molecule has 2 fully saturated rings. The van der Waals surface area contributed by atoms with Crippen LogP contribution in [0.4, 0.5) is 0 Å². The van der Waals surface area contributed by atoms with Gasteiger partial charge in [-0.3, -0.25) is 10.2 Å². The lowest BCUT2D eigenvalue weighted by Crippen LogP contribution is -2.44. The number of nitriles is 1. The number of amides is 1. The highest BCUT2D eigenvalue weighted by molar-refractivity contribution is 6.00. The Bertz CT molecular complexity index is 931. The average Bonchev–Trinajstić information content (AvgIpc) is 3.36. The number of allylic oxidation sites excluding steroid dienone is 1. The summed E-state index contributed by atoms with van der Waals surface area (Å²) in [7, 11) is 0. The largest absolute Gasteiger partial charge is 0.447 e. The second-order valence-corrected chi connectivity index (χ2v) is 7.54. The number of hydrogen-bond acceptors (Lipinski definition) is 6. The second kappa shape index (κ2) is 7.58. The van der Waals surface area contributed by atoms with Gasteiger partial charge in [-0.25, -0.2) is 10.4 Å². The van der Waals surface area contributed by atoms with Crippen LogP contribution in [0.15, 0.2) is 41.8 Å². The zero-order valence-corrected chi connectivity index (χ0v) is 15.7. The number of carbonyl (C=O) groups excluding carboxylic acids is 1. The molecule has 2 heterocycles. The Labute approximate surface area is 163 Å². The molecule has 2 aliphatic rings. The molecule has 7 heteroatoms. The Kier molecular flexibility index (Phi) is 4.99. The molecule has 144 valence electrons. The topological polar surface area (TPSA) is 103 Å². The summed E-state index contributed by atoms with van der Waals surface area (Å²) in [6.45, 7) is 5.76. The van der Waals surface area contributed by atoms with Crippen molar-refractivity contribution in [3.8, 4) is 6.07 Å². The van der Waals surface area contributed by atoms with E-state index in [1.54, 1.807) is 24.4 Å². The summed E-state index contributed by atoms with van der Waals surface area (Å²) >= 11 is 0. The maximum Gasteiger partial charge on any atom is 0.252 e. The van der Waals surface area contributed by atoms with Gasteiger partial charge in [0.2, 0.25) is 0 Å². The minimum atomic E-state index is -0.159. The minimum Gasteiger partial charge on any atom is -0.447 e. The van der Waals surface area contributed by atoms with Crippen molar-refractivity contribution >= 4 is 11.5 Å². The standard InChI is InChI=1S/C21H23N5O2/c1-12(2)19-13(9-22)4-3-5-15(19)21(27)24-14-6-7-17-16(8-14)20(26-25-17)18-10-23-11-28-18/h3-5,10-11,14,16-17,20,25-26H,1,6-8H2,2H3,(H,24,27). The molecule has 1 aliphatic heterocycles. The first kappa shape index (κ1) is 18.4. The van der Waals surface area contributed by atoms with Crippen molar-refractivity contribution in [1.82, 2.24) is 21.2 Å². The lowest BCUT2D eigenvalue weighted by molar-refractivity contribution is 0.0914. The van der Waals surface area contributed by atoms with E-state index in [0.717, 1.165) is 25.0 Å². The molecule has 1 saturated carbocycles. The molecule has 3 N–H and O–H groups in total. The maximum absolute atomic E-state index is 13.0. The monoisotopic (exact) mass is 377 g/mol. The highest BCUT2D eigenvalue weighted by atomic mass is 16.3. The number of hydrazine groups is 1. The number of carbonyl (C=O) groups is 1. The van der Waals surface area contributed by atoms with E-state index in [1.165, 1.54) is 6.39 Å². The zero-order chi connectivity index (χ0) is 19.7. The molecule has 7 nitrogen and oxygen atoms in total. The third-order valence-electron chi connectivity index (χ3n) is 5.70. The average molecular weight is 377 g/mol. The molecule has 1 aromatic carbocycles. The van der Waals surface area contributed by atoms with E-state index in [0.29, 0.717) is 34.2 Å². The summed E-state index contributed by atoms with van der Waals surface area (Å²) in [5, 5.41) is 12.5. The molecule has 4 rings (SSSR count). The molecule has 4 atom stereocenters. The maximum atomic E-state index is 13.0. The highest BCUT2D eigenvalue weighted by Gasteiger charge is 2.42. The number of oxazole rings is 1. The number of rotatable bonds is 4. The fourth-order valence-corrected chi connectivity index (χ4v) is 4.41. The molecule has 1 saturated heterocycles. The Morgan fingerprint density at radius 2 is 2.25 bits per heavy atom. The number of hydrogen-bond donors (Lipinski definition) is 3. The van der Waals surface area contributed by atoms with E-state index in [2.05, 4.69) is 33.8 Å². The first-order valence-corrected chi connectivity index (χ1v) is 9.47. The van der Waals surface area contributed by atoms with Crippen LogP contribution in [0, 0.1) is 17.2 Å². The van der Waals surface area contributed by atoms with Crippen molar-refractivity contribution in [2.75, 3.05) is 0 Å². The molecule has 1 aromatic heterocycles. The lowest BCUT2D eigenvalue weighted by atomic mass is 9.78. The van der Waals surface area contributed by atoms with Gasteiger partial charge in [0.1, 0.15) is 5.76 Å². The van der Waals surface area contributed by atoms with Crippen molar-refractivity contribution in [2.45, 2.75) is 44.3 Å². The van der Waals surface area contributed by atoms with Gasteiger partial charge in [-0.15, -0.1) is 0 Å². The van der Waals surface area contributed by atoms with Crippen molar-refractivity contribution in [3.63, 3.8) is 0 Å². The lowest BCUT2D eigenvalue weighted by Gasteiger charge is -2.33. The molecular weight excluding hydrogens is 354 g/mol. The normalized spacial score (nSPS) is 26.3. The summed E-state index contributed by atoms with van der Waals surface area (Å²) in [4.78, 5) is 17.0. The van der Waals surface area contributed by atoms with Crippen LogP contribution in [-0.2, 0) is 0 Å². The Morgan fingerprint density at radius 3 is 2.96 bits per heavy atom. The van der Waals surface area contributed by atoms with Gasteiger partial charge >= 0.3 is 0 Å². The van der Waals surface area contributed by atoms with Crippen LogP contribution in [0.5, 0.6) is 0 Å². The van der Waals surface area contributed by atoms with Crippen LogP contribution < -0.4 is 16.2 Å². The number of aromatic nitrogens is 1. The third-order valence-corrected chi connectivity index (χ3v) is 5.70. The van der Waals surface area contributed by atoms with Gasteiger partial charge in [0.25, 0.3) is 5.91 Å². The molecule has 1 aliphatic carbocycles. The molecule has 0 spiro atoms. The predicted octanol–water partition coefficient (Wildman–Crippen LogP) is 2.70. The summed E-state index contributed by atoms with van der Waals surface area (Å²) in [6, 6.07) is 7.80. The Hall–Kier alpha value is -2.95. The van der Waals surface area contributed by atoms with Gasteiger partial charge in [-0.05, 0) is 43.9 Å². The van der Waals surface area contributed by atoms with Crippen LogP contribution in [0.3, 0.4) is 0 Å². The number of fused-ring (bicyclic) bond motifs is 1. The van der Waals surface area contributed by atoms with Gasteiger partial charge in [0.15, 0.2) is 6.39 Å². The smallest absolute Gasteiger partial charge is 0.252 e. The zero-order valence-electron chi connectivity index (χ0n) is 15.7. The van der Waals surface area contributed by atoms with Crippen molar-refractivity contribution in [1.29, 1.82) is 5.26 Å². The van der Waals surface area contributed by atoms with Gasteiger partial charge < -0.3 is 9.73 Å². The van der Waals surface area contributed by atoms with Gasteiger partial charge in [0.05, 0.1) is 23.9 Å². The van der Waals surface area contributed by atoms with Crippen LogP contribution in [0.25, 0.3) is 5.57 Å². The van der Waals surface area contributed by atoms with Gasteiger partial charge in [0, 0.05) is 29.1 Å². The summed E-state index contributed by atoms with van der Waals surface area (Å²) in [6.07, 6.45) is 5.86. The number of nitrogens with zero attached hydrogens (tertiary/aromatic N) is 2. The third kappa shape index (κ3) is 3.33. The highest BCUT2D eigenvalue weighted by Crippen LogP contribution is 2.38. The fraction of sp³-hybridized carbons (Fsp3) is 0.381.